The van der Waals surface area contributed by atoms with Gasteiger partial charge in [0.2, 0.25) is 5.91 Å². The number of hydrogen-bond donors (Lipinski definition) is 1. The van der Waals surface area contributed by atoms with E-state index in [1.165, 1.54) is 11.3 Å². The van der Waals surface area contributed by atoms with Crippen molar-refractivity contribution < 1.29 is 9.59 Å². The Labute approximate surface area is 133 Å². The monoisotopic (exact) mass is 312 g/mol. The molecule has 0 spiro atoms. The van der Waals surface area contributed by atoms with Crippen LogP contribution in [0.25, 0.3) is 0 Å². The van der Waals surface area contributed by atoms with Crippen LogP contribution >= 0.6 is 11.3 Å². The molecule has 0 bridgehead atoms. The lowest BCUT2D eigenvalue weighted by atomic mass is 10.0. The van der Waals surface area contributed by atoms with Gasteiger partial charge in [0, 0.05) is 10.6 Å². The summed E-state index contributed by atoms with van der Waals surface area (Å²) in [5, 5.41) is 11.8. The molecular formula is C17H16N2O2S. The van der Waals surface area contributed by atoms with E-state index in [1.807, 2.05) is 26.0 Å². The molecule has 1 aromatic carbocycles. The van der Waals surface area contributed by atoms with Crippen molar-refractivity contribution >= 4 is 28.7 Å². The highest BCUT2D eigenvalue weighted by Gasteiger charge is 2.28. The van der Waals surface area contributed by atoms with Crippen LogP contribution in [-0.4, -0.2) is 11.7 Å². The summed E-state index contributed by atoms with van der Waals surface area (Å²) < 4.78 is 0. The number of benzene rings is 1. The molecule has 0 aliphatic rings. The molecule has 5 heteroatoms. The molecule has 0 saturated heterocycles. The number of amides is 1. The molecule has 22 heavy (non-hydrogen) atoms. The first-order valence-corrected chi connectivity index (χ1v) is 7.77. The second-order valence-electron chi connectivity index (χ2n) is 4.88. The number of ketones is 1. The highest BCUT2D eigenvalue weighted by molar-refractivity contribution is 7.14. The molecule has 1 unspecified atom stereocenters. The van der Waals surface area contributed by atoms with Crippen molar-refractivity contribution in [3.63, 3.8) is 0 Å². The Kier molecular flexibility index (Phi) is 5.08. The van der Waals surface area contributed by atoms with Crippen molar-refractivity contribution in [2.75, 3.05) is 5.32 Å². The number of nitriles is 1. The highest BCUT2D eigenvalue weighted by atomic mass is 32.1. The molecule has 0 radical (unpaired) electrons. The molecule has 4 nitrogen and oxygen atoms in total. The summed E-state index contributed by atoms with van der Waals surface area (Å²) in [6.45, 7) is 3.92. The number of nitrogens with one attached hydrogen (secondary N) is 1. The lowest BCUT2D eigenvalue weighted by Crippen LogP contribution is -2.28. The molecule has 112 valence electrons. The fourth-order valence-electron chi connectivity index (χ4n) is 1.98. The summed E-state index contributed by atoms with van der Waals surface area (Å²) in [5.74, 6) is -2.38. The first-order chi connectivity index (χ1) is 10.5. The molecule has 1 atom stereocenters. The third-order valence-corrected chi connectivity index (χ3v) is 4.28. The smallest absolute Gasteiger partial charge is 0.249 e. The van der Waals surface area contributed by atoms with E-state index in [1.54, 1.807) is 30.3 Å². The van der Waals surface area contributed by atoms with E-state index in [9.17, 15) is 9.59 Å². The van der Waals surface area contributed by atoms with Crippen LogP contribution in [0.1, 0.15) is 27.0 Å². The first kappa shape index (κ1) is 15.9. The molecule has 0 aliphatic carbocycles. The van der Waals surface area contributed by atoms with Crippen molar-refractivity contribution in [1.29, 1.82) is 5.26 Å². The van der Waals surface area contributed by atoms with Crippen molar-refractivity contribution in [3.05, 3.63) is 51.7 Å². The molecule has 2 rings (SSSR count). The molecule has 2 aromatic rings. The maximum Gasteiger partial charge on any atom is 0.249 e. The highest BCUT2D eigenvalue weighted by Crippen LogP contribution is 2.20. The number of hydrogen-bond acceptors (Lipinski definition) is 4. The molecule has 0 saturated carbocycles. The van der Waals surface area contributed by atoms with E-state index in [0.29, 0.717) is 10.6 Å². The topological polar surface area (TPSA) is 70.0 Å². The second kappa shape index (κ2) is 7.01. The molecule has 1 heterocycles. The number of rotatable bonds is 5. The molecule has 1 aromatic heterocycles. The summed E-state index contributed by atoms with van der Waals surface area (Å²) in [6, 6.07) is 12.6. The summed E-state index contributed by atoms with van der Waals surface area (Å²) in [4.78, 5) is 25.8. The Morgan fingerprint density at radius 3 is 2.41 bits per heavy atom. The number of nitrogens with zero attached hydrogens (tertiary/aromatic N) is 1. The van der Waals surface area contributed by atoms with Gasteiger partial charge in [-0.2, -0.15) is 5.26 Å². The van der Waals surface area contributed by atoms with E-state index in [4.69, 9.17) is 5.26 Å². The molecule has 1 amide bonds. The van der Waals surface area contributed by atoms with Crippen LogP contribution in [-0.2, 0) is 11.2 Å². The predicted octanol–water partition coefficient (Wildman–Crippen LogP) is 3.58. The zero-order chi connectivity index (χ0) is 16.1. The Morgan fingerprint density at radius 1 is 1.23 bits per heavy atom. The van der Waals surface area contributed by atoms with E-state index < -0.39 is 17.6 Å². The number of carbonyl (C=O) groups is 2. The van der Waals surface area contributed by atoms with Crippen LogP contribution in [0, 0.1) is 24.2 Å². The number of carbonyl (C=O) groups excluding carboxylic acids is 2. The lowest BCUT2D eigenvalue weighted by Gasteiger charge is -2.09. The van der Waals surface area contributed by atoms with E-state index >= 15 is 0 Å². The third kappa shape index (κ3) is 3.60. The Bertz CT molecular complexity index is 726. The predicted molar refractivity (Wildman–Crippen MR) is 86.9 cm³/mol. The Hall–Kier alpha value is -2.45. The van der Waals surface area contributed by atoms with Gasteiger partial charge in [-0.3, -0.25) is 9.59 Å². The van der Waals surface area contributed by atoms with Crippen molar-refractivity contribution in [2.24, 2.45) is 5.92 Å². The van der Waals surface area contributed by atoms with Gasteiger partial charge in [-0.25, -0.2) is 0 Å². The van der Waals surface area contributed by atoms with Gasteiger partial charge in [-0.15, -0.1) is 11.3 Å². The van der Waals surface area contributed by atoms with Crippen molar-refractivity contribution in [1.82, 2.24) is 0 Å². The van der Waals surface area contributed by atoms with Crippen LogP contribution in [0.15, 0.2) is 36.4 Å². The maximum atomic E-state index is 12.2. The van der Waals surface area contributed by atoms with Gasteiger partial charge in [0.25, 0.3) is 0 Å². The third-order valence-electron chi connectivity index (χ3n) is 3.27. The van der Waals surface area contributed by atoms with Crippen LogP contribution < -0.4 is 5.32 Å². The lowest BCUT2D eigenvalue weighted by molar-refractivity contribution is -0.117. The average molecular weight is 312 g/mol. The normalized spacial score (nSPS) is 11.5. The molecule has 0 aliphatic heterocycles. The second-order valence-corrected chi connectivity index (χ2v) is 6.16. The van der Waals surface area contributed by atoms with Gasteiger partial charge in [-0.05, 0) is 43.2 Å². The standard InChI is InChI=1S/C17H16N2O2S/c1-3-12-5-7-13(8-6-12)19-17(21)14(10-18)16(20)15-9-4-11(2)22-15/h4-9,14H,3H2,1-2H3,(H,19,21). The Balaban J connectivity index is 2.11. The van der Waals surface area contributed by atoms with E-state index in [0.717, 1.165) is 16.9 Å². The fourth-order valence-corrected chi connectivity index (χ4v) is 2.82. The van der Waals surface area contributed by atoms with Crippen LogP contribution in [0.5, 0.6) is 0 Å². The number of Topliss-reactive ketones (excluding diaryl/α,β-unsaturated/α-hetero) is 1. The minimum absolute atomic E-state index is 0.431. The molecular weight excluding hydrogens is 296 g/mol. The maximum absolute atomic E-state index is 12.2. The first-order valence-electron chi connectivity index (χ1n) is 6.95. The minimum atomic E-state index is -1.33. The zero-order valence-corrected chi connectivity index (χ0v) is 13.2. The molecule has 1 N–H and O–H groups in total. The summed E-state index contributed by atoms with van der Waals surface area (Å²) >= 11 is 1.29. The number of anilines is 1. The zero-order valence-electron chi connectivity index (χ0n) is 12.4. The van der Waals surface area contributed by atoms with Gasteiger partial charge >= 0.3 is 0 Å². The Morgan fingerprint density at radius 2 is 1.91 bits per heavy atom. The summed E-state index contributed by atoms with van der Waals surface area (Å²) in [7, 11) is 0. The SMILES string of the molecule is CCc1ccc(NC(=O)C(C#N)C(=O)c2ccc(C)s2)cc1. The van der Waals surface area contributed by atoms with Gasteiger partial charge < -0.3 is 5.32 Å². The van der Waals surface area contributed by atoms with Crippen LogP contribution in [0.2, 0.25) is 0 Å². The quantitative estimate of drug-likeness (QED) is 0.677. The largest absolute Gasteiger partial charge is 0.325 e. The van der Waals surface area contributed by atoms with Crippen molar-refractivity contribution in [2.45, 2.75) is 20.3 Å². The summed E-state index contributed by atoms with van der Waals surface area (Å²) in [6.07, 6.45) is 0.908. The number of aryl methyl sites for hydroxylation is 2. The van der Waals surface area contributed by atoms with Gasteiger partial charge in [0.1, 0.15) is 0 Å². The van der Waals surface area contributed by atoms with Crippen molar-refractivity contribution in [3.8, 4) is 6.07 Å². The van der Waals surface area contributed by atoms with Gasteiger partial charge in [0.05, 0.1) is 10.9 Å². The summed E-state index contributed by atoms with van der Waals surface area (Å²) in [5.41, 5.74) is 1.73. The van der Waals surface area contributed by atoms with E-state index in [2.05, 4.69) is 5.32 Å². The van der Waals surface area contributed by atoms with Crippen LogP contribution in [0.3, 0.4) is 0 Å². The van der Waals surface area contributed by atoms with Gasteiger partial charge in [0.15, 0.2) is 11.7 Å². The molecule has 0 fully saturated rings. The average Bonchev–Trinajstić information content (AvgIpc) is 2.95. The minimum Gasteiger partial charge on any atom is -0.325 e. The fraction of sp³-hybridized carbons (Fsp3) is 0.235. The van der Waals surface area contributed by atoms with Crippen LogP contribution in [0.4, 0.5) is 5.69 Å². The van der Waals surface area contributed by atoms with Gasteiger partial charge in [-0.1, -0.05) is 19.1 Å². The van der Waals surface area contributed by atoms with E-state index in [-0.39, 0.29) is 0 Å². The number of thiophene rings is 1.